The first kappa shape index (κ1) is 14.0. The molecule has 0 saturated heterocycles. The SMILES string of the molecule is CC(=O)N/N=C\c1cc(C)n(-c2ccc(F)cc2)c1C. The monoisotopic (exact) mass is 273 g/mol. The molecule has 0 radical (unpaired) electrons. The number of halogens is 1. The Balaban J connectivity index is 2.36. The van der Waals surface area contributed by atoms with Crippen LogP contribution in [0, 0.1) is 19.7 Å². The molecule has 1 N–H and O–H groups in total. The van der Waals surface area contributed by atoms with Gasteiger partial charge in [0.25, 0.3) is 0 Å². The third-order valence-electron chi connectivity index (χ3n) is 2.98. The number of hydrogen-bond acceptors (Lipinski definition) is 2. The van der Waals surface area contributed by atoms with Crippen molar-refractivity contribution in [3.8, 4) is 5.69 Å². The van der Waals surface area contributed by atoms with E-state index in [1.54, 1.807) is 18.3 Å². The topological polar surface area (TPSA) is 46.4 Å². The first-order valence-corrected chi connectivity index (χ1v) is 6.23. The number of aryl methyl sites for hydroxylation is 1. The molecule has 1 heterocycles. The van der Waals surface area contributed by atoms with Crippen LogP contribution in [0.25, 0.3) is 5.69 Å². The number of nitrogens with zero attached hydrogens (tertiary/aromatic N) is 2. The van der Waals surface area contributed by atoms with E-state index in [2.05, 4.69) is 10.5 Å². The van der Waals surface area contributed by atoms with E-state index >= 15 is 0 Å². The lowest BCUT2D eigenvalue weighted by Crippen LogP contribution is -2.12. The molecule has 4 nitrogen and oxygen atoms in total. The molecular formula is C15H16FN3O. The van der Waals surface area contributed by atoms with Crippen molar-refractivity contribution in [3.05, 3.63) is 53.1 Å². The van der Waals surface area contributed by atoms with Crippen molar-refractivity contribution in [1.82, 2.24) is 9.99 Å². The van der Waals surface area contributed by atoms with Gasteiger partial charge in [0.05, 0.1) is 6.21 Å². The maximum absolute atomic E-state index is 13.0. The molecule has 5 heteroatoms. The minimum atomic E-state index is -0.261. The summed E-state index contributed by atoms with van der Waals surface area (Å²) in [4.78, 5) is 10.8. The number of nitrogens with one attached hydrogen (secondary N) is 1. The normalized spacial score (nSPS) is 11.0. The summed E-state index contributed by atoms with van der Waals surface area (Å²) >= 11 is 0. The van der Waals surface area contributed by atoms with Crippen molar-refractivity contribution < 1.29 is 9.18 Å². The molecule has 0 bridgehead atoms. The van der Waals surface area contributed by atoms with Crippen LogP contribution in [0.15, 0.2) is 35.4 Å². The average Bonchev–Trinajstić information content (AvgIpc) is 2.66. The third kappa shape index (κ3) is 2.93. The second-order valence-corrected chi connectivity index (χ2v) is 4.56. The number of rotatable bonds is 3. The number of carbonyl (C=O) groups excluding carboxylic acids is 1. The van der Waals surface area contributed by atoms with E-state index in [1.165, 1.54) is 19.1 Å². The van der Waals surface area contributed by atoms with Crippen molar-refractivity contribution in [2.75, 3.05) is 0 Å². The maximum atomic E-state index is 13.0. The molecule has 20 heavy (non-hydrogen) atoms. The number of hydrogen-bond donors (Lipinski definition) is 1. The van der Waals surface area contributed by atoms with E-state index in [0.717, 1.165) is 22.6 Å². The molecule has 0 aliphatic heterocycles. The van der Waals surface area contributed by atoms with Crippen LogP contribution in [-0.2, 0) is 4.79 Å². The molecule has 2 rings (SSSR count). The number of aromatic nitrogens is 1. The molecule has 104 valence electrons. The lowest BCUT2D eigenvalue weighted by atomic mass is 10.2. The van der Waals surface area contributed by atoms with Gasteiger partial charge in [-0.2, -0.15) is 5.10 Å². The van der Waals surface area contributed by atoms with Crippen LogP contribution in [-0.4, -0.2) is 16.7 Å². The zero-order valence-corrected chi connectivity index (χ0v) is 11.6. The lowest BCUT2D eigenvalue weighted by Gasteiger charge is -2.09. The van der Waals surface area contributed by atoms with Gasteiger partial charge in [0.15, 0.2) is 0 Å². The molecule has 0 fully saturated rings. The lowest BCUT2D eigenvalue weighted by molar-refractivity contribution is -0.118. The standard InChI is InChI=1S/C15H16FN3O/c1-10-8-13(9-17-18-12(3)20)11(2)19(10)15-6-4-14(16)5-7-15/h4-9H,1-3H3,(H,18,20)/b17-9-. The van der Waals surface area contributed by atoms with Crippen molar-refractivity contribution >= 4 is 12.1 Å². The van der Waals surface area contributed by atoms with Crippen molar-refractivity contribution in [2.24, 2.45) is 5.10 Å². The average molecular weight is 273 g/mol. The fraction of sp³-hybridized carbons (Fsp3) is 0.200. The van der Waals surface area contributed by atoms with Gasteiger partial charge in [0, 0.05) is 29.6 Å². The summed E-state index contributed by atoms with van der Waals surface area (Å²) in [5.74, 6) is -0.475. The minimum absolute atomic E-state index is 0.214. The number of hydrazone groups is 1. The first-order chi connectivity index (χ1) is 9.49. The smallest absolute Gasteiger partial charge is 0.236 e. The Labute approximate surface area is 116 Å². The van der Waals surface area contributed by atoms with E-state index in [-0.39, 0.29) is 11.7 Å². The van der Waals surface area contributed by atoms with Gasteiger partial charge in [-0.3, -0.25) is 4.79 Å². The van der Waals surface area contributed by atoms with Gasteiger partial charge < -0.3 is 4.57 Å². The minimum Gasteiger partial charge on any atom is -0.318 e. The van der Waals surface area contributed by atoms with E-state index < -0.39 is 0 Å². The summed E-state index contributed by atoms with van der Waals surface area (Å²) < 4.78 is 15.0. The summed E-state index contributed by atoms with van der Waals surface area (Å²) in [6.07, 6.45) is 1.60. The molecule has 1 aromatic heterocycles. The molecule has 0 saturated carbocycles. The van der Waals surface area contributed by atoms with Gasteiger partial charge in [-0.05, 0) is 44.2 Å². The van der Waals surface area contributed by atoms with Crippen LogP contribution < -0.4 is 5.43 Å². The van der Waals surface area contributed by atoms with Crippen LogP contribution in [0.5, 0.6) is 0 Å². The van der Waals surface area contributed by atoms with Crippen LogP contribution >= 0.6 is 0 Å². The predicted octanol–water partition coefficient (Wildman–Crippen LogP) is 2.70. The van der Waals surface area contributed by atoms with Gasteiger partial charge in [-0.15, -0.1) is 0 Å². The highest BCUT2D eigenvalue weighted by Gasteiger charge is 2.09. The zero-order valence-electron chi connectivity index (χ0n) is 11.6. The van der Waals surface area contributed by atoms with Crippen molar-refractivity contribution in [2.45, 2.75) is 20.8 Å². The molecule has 0 unspecified atom stereocenters. The largest absolute Gasteiger partial charge is 0.318 e. The molecule has 0 aliphatic carbocycles. The Hall–Kier alpha value is -2.43. The Morgan fingerprint density at radius 2 is 1.95 bits per heavy atom. The van der Waals surface area contributed by atoms with Gasteiger partial charge in [0.1, 0.15) is 5.82 Å². The summed E-state index contributed by atoms with van der Waals surface area (Å²) in [7, 11) is 0. The molecule has 0 spiro atoms. The third-order valence-corrected chi connectivity index (χ3v) is 2.98. The summed E-state index contributed by atoms with van der Waals surface area (Å²) in [5, 5.41) is 3.87. The molecule has 1 aromatic carbocycles. The second-order valence-electron chi connectivity index (χ2n) is 4.56. The Morgan fingerprint density at radius 3 is 2.55 bits per heavy atom. The van der Waals surface area contributed by atoms with Crippen molar-refractivity contribution in [3.63, 3.8) is 0 Å². The number of carbonyl (C=O) groups is 1. The zero-order chi connectivity index (χ0) is 14.7. The molecular weight excluding hydrogens is 257 g/mol. The van der Waals surface area contributed by atoms with Gasteiger partial charge in [-0.1, -0.05) is 0 Å². The fourth-order valence-corrected chi connectivity index (χ4v) is 2.10. The summed E-state index contributed by atoms with van der Waals surface area (Å²) in [6.45, 7) is 5.32. The predicted molar refractivity (Wildman–Crippen MR) is 76.6 cm³/mol. The highest BCUT2D eigenvalue weighted by molar-refractivity contribution is 5.83. The number of amides is 1. The maximum Gasteiger partial charge on any atom is 0.236 e. The number of benzene rings is 1. The quantitative estimate of drug-likeness (QED) is 0.678. The molecule has 1 amide bonds. The van der Waals surface area contributed by atoms with Gasteiger partial charge >= 0.3 is 0 Å². The van der Waals surface area contributed by atoms with Crippen LogP contribution in [0.2, 0.25) is 0 Å². The van der Waals surface area contributed by atoms with E-state index in [4.69, 9.17) is 0 Å². The Kier molecular flexibility index (Phi) is 3.98. The van der Waals surface area contributed by atoms with Gasteiger partial charge in [-0.25, -0.2) is 9.82 Å². The highest BCUT2D eigenvalue weighted by Crippen LogP contribution is 2.19. The van der Waals surface area contributed by atoms with E-state index in [9.17, 15) is 9.18 Å². The highest BCUT2D eigenvalue weighted by atomic mass is 19.1. The molecule has 0 atom stereocenters. The van der Waals surface area contributed by atoms with Crippen LogP contribution in [0.3, 0.4) is 0 Å². The fourth-order valence-electron chi connectivity index (χ4n) is 2.10. The van der Waals surface area contributed by atoms with Crippen LogP contribution in [0.1, 0.15) is 23.9 Å². The van der Waals surface area contributed by atoms with Gasteiger partial charge in [0.2, 0.25) is 5.91 Å². The van der Waals surface area contributed by atoms with E-state index in [0.29, 0.717) is 0 Å². The molecule has 0 aliphatic rings. The van der Waals surface area contributed by atoms with E-state index in [1.807, 2.05) is 24.5 Å². The Morgan fingerprint density at radius 1 is 1.30 bits per heavy atom. The van der Waals surface area contributed by atoms with Crippen molar-refractivity contribution in [1.29, 1.82) is 0 Å². The summed E-state index contributed by atoms with van der Waals surface area (Å²) in [6, 6.07) is 8.27. The molecule has 2 aromatic rings. The Bertz CT molecular complexity index is 657. The van der Waals surface area contributed by atoms with Crippen LogP contribution in [0.4, 0.5) is 4.39 Å². The first-order valence-electron chi connectivity index (χ1n) is 6.23. The summed E-state index contributed by atoms with van der Waals surface area (Å²) in [5.41, 5.74) is 6.15. The second kappa shape index (κ2) is 5.69.